The number of nitrogens with one attached hydrogen (secondary N) is 1. The average molecular weight is 167 g/mol. The number of aromatic nitrogens is 3. The van der Waals surface area contributed by atoms with Crippen LogP contribution in [0.5, 0.6) is 0 Å². The summed E-state index contributed by atoms with van der Waals surface area (Å²) in [5.74, 6) is 0.515. The Balaban J connectivity index is 2.58. The Kier molecular flexibility index (Phi) is 1.42. The second-order valence-corrected chi connectivity index (χ2v) is 3.82. The molecule has 0 aromatic carbocycles. The molecule has 0 saturated carbocycles. The van der Waals surface area contributed by atoms with E-state index in [0.29, 0.717) is 5.92 Å². The minimum Gasteiger partial charge on any atom is -0.266 e. The number of rotatable bonds is 1. The van der Waals surface area contributed by atoms with Crippen molar-refractivity contribution in [3.63, 3.8) is 0 Å². The number of thiazole rings is 1. The number of fused-ring (bicyclic) bond motifs is 1. The van der Waals surface area contributed by atoms with Gasteiger partial charge in [-0.2, -0.15) is 5.10 Å². The summed E-state index contributed by atoms with van der Waals surface area (Å²) in [6.07, 6.45) is 1.76. The van der Waals surface area contributed by atoms with Crippen LogP contribution in [-0.2, 0) is 0 Å². The molecule has 4 heteroatoms. The lowest BCUT2D eigenvalue weighted by Crippen LogP contribution is -1.82. The van der Waals surface area contributed by atoms with Crippen LogP contribution in [0.1, 0.15) is 24.8 Å². The molecule has 0 saturated heterocycles. The molecule has 2 aromatic heterocycles. The van der Waals surface area contributed by atoms with E-state index in [1.807, 2.05) is 0 Å². The van der Waals surface area contributed by atoms with Crippen molar-refractivity contribution >= 4 is 21.7 Å². The van der Waals surface area contributed by atoms with E-state index in [-0.39, 0.29) is 0 Å². The molecule has 0 radical (unpaired) electrons. The second kappa shape index (κ2) is 2.30. The zero-order chi connectivity index (χ0) is 7.84. The molecule has 2 heterocycles. The predicted octanol–water partition coefficient (Wildman–Crippen LogP) is 2.14. The van der Waals surface area contributed by atoms with Crippen molar-refractivity contribution < 1.29 is 0 Å². The van der Waals surface area contributed by atoms with Crippen LogP contribution in [-0.4, -0.2) is 15.2 Å². The van der Waals surface area contributed by atoms with Crippen LogP contribution in [0.15, 0.2) is 6.20 Å². The molecule has 0 fully saturated rings. The molecule has 2 rings (SSSR count). The molecular weight excluding hydrogens is 158 g/mol. The Morgan fingerprint density at radius 3 is 3.00 bits per heavy atom. The SMILES string of the molecule is CC(C)c1nc2cn[nH]c2s1. The van der Waals surface area contributed by atoms with Crippen LogP contribution in [0.4, 0.5) is 0 Å². The third kappa shape index (κ3) is 1.03. The van der Waals surface area contributed by atoms with E-state index in [1.54, 1.807) is 17.5 Å². The molecule has 3 nitrogen and oxygen atoms in total. The highest BCUT2D eigenvalue weighted by Gasteiger charge is 2.07. The zero-order valence-electron chi connectivity index (χ0n) is 6.46. The lowest BCUT2D eigenvalue weighted by atomic mass is 10.2. The smallest absolute Gasteiger partial charge is 0.138 e. The van der Waals surface area contributed by atoms with Gasteiger partial charge in [0.1, 0.15) is 10.3 Å². The maximum atomic E-state index is 4.40. The van der Waals surface area contributed by atoms with Gasteiger partial charge in [-0.15, -0.1) is 0 Å². The average Bonchev–Trinajstić information content (AvgIpc) is 2.40. The fourth-order valence-corrected chi connectivity index (χ4v) is 1.81. The molecule has 58 valence electrons. The molecule has 2 aromatic rings. The van der Waals surface area contributed by atoms with Crippen LogP contribution in [0.25, 0.3) is 10.3 Å². The number of hydrogen-bond acceptors (Lipinski definition) is 3. The van der Waals surface area contributed by atoms with Gasteiger partial charge in [0.2, 0.25) is 0 Å². The van der Waals surface area contributed by atoms with Crippen molar-refractivity contribution in [1.29, 1.82) is 0 Å². The first-order valence-electron chi connectivity index (χ1n) is 3.57. The third-order valence-electron chi connectivity index (χ3n) is 1.52. The van der Waals surface area contributed by atoms with Crippen molar-refractivity contribution in [3.05, 3.63) is 11.2 Å². The fourth-order valence-electron chi connectivity index (χ4n) is 0.916. The van der Waals surface area contributed by atoms with Crippen LogP contribution in [0.3, 0.4) is 0 Å². The maximum absolute atomic E-state index is 4.40. The molecule has 0 atom stereocenters. The summed E-state index contributed by atoms with van der Waals surface area (Å²) in [4.78, 5) is 5.47. The van der Waals surface area contributed by atoms with Gasteiger partial charge in [0.25, 0.3) is 0 Å². The summed E-state index contributed by atoms with van der Waals surface area (Å²) in [5.41, 5.74) is 0.985. The Hall–Kier alpha value is -0.900. The minimum absolute atomic E-state index is 0.515. The van der Waals surface area contributed by atoms with Gasteiger partial charge in [-0.05, 0) is 0 Å². The van der Waals surface area contributed by atoms with Crippen molar-refractivity contribution in [3.8, 4) is 0 Å². The summed E-state index contributed by atoms with van der Waals surface area (Å²) < 4.78 is 0. The molecule has 0 bridgehead atoms. The van der Waals surface area contributed by atoms with Crippen LogP contribution in [0, 0.1) is 0 Å². The summed E-state index contributed by atoms with van der Waals surface area (Å²) in [6, 6.07) is 0. The molecule has 1 N–H and O–H groups in total. The van der Waals surface area contributed by atoms with Crippen molar-refractivity contribution in [2.24, 2.45) is 0 Å². The maximum Gasteiger partial charge on any atom is 0.138 e. The van der Waals surface area contributed by atoms with E-state index in [4.69, 9.17) is 0 Å². The number of aromatic amines is 1. The van der Waals surface area contributed by atoms with Gasteiger partial charge in [-0.25, -0.2) is 4.98 Å². The van der Waals surface area contributed by atoms with Gasteiger partial charge in [-0.3, -0.25) is 5.10 Å². The minimum atomic E-state index is 0.515. The molecule has 0 spiro atoms. The number of nitrogens with zero attached hydrogens (tertiary/aromatic N) is 2. The monoisotopic (exact) mass is 167 g/mol. The van der Waals surface area contributed by atoms with Gasteiger partial charge < -0.3 is 0 Å². The van der Waals surface area contributed by atoms with E-state index >= 15 is 0 Å². The van der Waals surface area contributed by atoms with Crippen molar-refractivity contribution in [2.75, 3.05) is 0 Å². The first kappa shape index (κ1) is 6.79. The van der Waals surface area contributed by atoms with E-state index in [1.165, 1.54) is 5.01 Å². The first-order chi connectivity index (χ1) is 5.27. The van der Waals surface area contributed by atoms with Crippen molar-refractivity contribution in [1.82, 2.24) is 15.2 Å². The summed E-state index contributed by atoms with van der Waals surface area (Å²) in [6.45, 7) is 4.29. The lowest BCUT2D eigenvalue weighted by Gasteiger charge is -1.94. The molecular formula is C7H9N3S. The third-order valence-corrected chi connectivity index (χ3v) is 2.79. The Morgan fingerprint density at radius 2 is 2.36 bits per heavy atom. The highest BCUT2D eigenvalue weighted by Crippen LogP contribution is 2.24. The molecule has 0 aliphatic carbocycles. The Bertz CT molecular complexity index is 332. The molecule has 11 heavy (non-hydrogen) atoms. The summed E-state index contributed by atoms with van der Waals surface area (Å²) in [5, 5.41) is 7.96. The zero-order valence-corrected chi connectivity index (χ0v) is 7.27. The van der Waals surface area contributed by atoms with E-state index in [0.717, 1.165) is 10.3 Å². The Labute approximate surface area is 68.5 Å². The number of H-pyrrole nitrogens is 1. The van der Waals surface area contributed by atoms with E-state index in [2.05, 4.69) is 29.0 Å². The first-order valence-corrected chi connectivity index (χ1v) is 4.39. The summed E-state index contributed by atoms with van der Waals surface area (Å²) >= 11 is 1.68. The van der Waals surface area contributed by atoms with Crippen molar-refractivity contribution in [2.45, 2.75) is 19.8 Å². The highest BCUT2D eigenvalue weighted by atomic mass is 32.1. The predicted molar refractivity (Wildman–Crippen MR) is 45.9 cm³/mol. The quantitative estimate of drug-likeness (QED) is 0.707. The Morgan fingerprint density at radius 1 is 1.55 bits per heavy atom. The van der Waals surface area contributed by atoms with Crippen LogP contribution >= 0.6 is 11.3 Å². The van der Waals surface area contributed by atoms with Gasteiger partial charge in [0.15, 0.2) is 0 Å². The molecule has 0 aliphatic heterocycles. The lowest BCUT2D eigenvalue weighted by molar-refractivity contribution is 0.856. The van der Waals surface area contributed by atoms with Crippen LogP contribution in [0.2, 0.25) is 0 Å². The highest BCUT2D eigenvalue weighted by molar-refractivity contribution is 7.18. The fraction of sp³-hybridized carbons (Fsp3) is 0.429. The normalized spacial score (nSPS) is 11.5. The van der Waals surface area contributed by atoms with Gasteiger partial charge in [0, 0.05) is 5.92 Å². The van der Waals surface area contributed by atoms with Gasteiger partial charge in [0.05, 0.1) is 11.2 Å². The standard InChI is InChI=1S/C7H9N3S/c1-4(2)6-9-5-3-8-10-7(5)11-6/h3-4H,1-2H3,(H,8,10). The molecule has 0 amide bonds. The van der Waals surface area contributed by atoms with Gasteiger partial charge in [-0.1, -0.05) is 25.2 Å². The van der Waals surface area contributed by atoms with E-state index in [9.17, 15) is 0 Å². The van der Waals surface area contributed by atoms with Gasteiger partial charge >= 0.3 is 0 Å². The number of hydrogen-bond donors (Lipinski definition) is 1. The summed E-state index contributed by atoms with van der Waals surface area (Å²) in [7, 11) is 0. The molecule has 0 aliphatic rings. The van der Waals surface area contributed by atoms with Crippen LogP contribution < -0.4 is 0 Å². The second-order valence-electron chi connectivity index (χ2n) is 2.79. The molecule has 0 unspecified atom stereocenters. The topological polar surface area (TPSA) is 41.6 Å². The van der Waals surface area contributed by atoms with E-state index < -0.39 is 0 Å². The largest absolute Gasteiger partial charge is 0.266 e.